The third-order valence-corrected chi connectivity index (χ3v) is 6.53. The average molecular weight is 477 g/mol. The van der Waals surface area contributed by atoms with Crippen molar-refractivity contribution in [1.29, 1.82) is 0 Å². The summed E-state index contributed by atoms with van der Waals surface area (Å²) < 4.78 is 2.87. The highest BCUT2D eigenvalue weighted by atomic mass is 35.5. The first kappa shape index (κ1) is 22.2. The summed E-state index contributed by atoms with van der Waals surface area (Å²) in [4.78, 5) is 35.0. The van der Waals surface area contributed by atoms with Gasteiger partial charge in [-0.1, -0.05) is 29.3 Å². The normalized spacial score (nSPS) is 14.1. The molecule has 9 heteroatoms. The molecule has 3 heterocycles. The molecule has 4 aromatic rings. The summed E-state index contributed by atoms with van der Waals surface area (Å²) in [6.45, 7) is 6.77. The Balaban J connectivity index is 1.47. The molecule has 5 rings (SSSR count). The lowest BCUT2D eigenvalue weighted by molar-refractivity contribution is 0.0742. The molecular weight excluding hydrogens is 452 g/mol. The summed E-state index contributed by atoms with van der Waals surface area (Å²) in [6.07, 6.45) is 1.42. The van der Waals surface area contributed by atoms with Crippen molar-refractivity contribution in [3.8, 4) is 5.69 Å². The number of anilines is 1. The largest absolute Gasteiger partial charge is 0.368 e. The second kappa shape index (κ2) is 8.61. The molecule has 0 aliphatic carbocycles. The van der Waals surface area contributed by atoms with Crippen molar-refractivity contribution >= 4 is 34.2 Å². The number of fused-ring (bicyclic) bond motifs is 1. The van der Waals surface area contributed by atoms with E-state index in [-0.39, 0.29) is 22.7 Å². The molecule has 8 nitrogen and oxygen atoms in total. The van der Waals surface area contributed by atoms with Gasteiger partial charge in [0.15, 0.2) is 11.2 Å². The van der Waals surface area contributed by atoms with Crippen LogP contribution in [0.25, 0.3) is 16.7 Å². The van der Waals surface area contributed by atoms with E-state index in [4.69, 9.17) is 11.6 Å². The zero-order valence-electron chi connectivity index (χ0n) is 19.3. The summed E-state index contributed by atoms with van der Waals surface area (Å²) >= 11 is 6.03. The number of aryl methyl sites for hydroxylation is 3. The van der Waals surface area contributed by atoms with E-state index in [0.717, 1.165) is 13.1 Å². The van der Waals surface area contributed by atoms with Gasteiger partial charge in [0.2, 0.25) is 0 Å². The fourth-order valence-electron chi connectivity index (χ4n) is 4.46. The number of amides is 1. The van der Waals surface area contributed by atoms with Gasteiger partial charge in [-0.15, -0.1) is 0 Å². The topological polar surface area (TPSA) is 76.3 Å². The summed E-state index contributed by atoms with van der Waals surface area (Å²) in [5.74, 6) is -0.223. The third-order valence-electron chi connectivity index (χ3n) is 6.28. The minimum atomic E-state index is -0.272. The first-order valence-electron chi connectivity index (χ1n) is 11.2. The van der Waals surface area contributed by atoms with Gasteiger partial charge < -0.3 is 14.4 Å². The van der Waals surface area contributed by atoms with Crippen molar-refractivity contribution in [2.75, 3.05) is 31.1 Å². The van der Waals surface area contributed by atoms with Crippen LogP contribution in [0.2, 0.25) is 5.02 Å². The lowest BCUT2D eigenvalue weighted by Gasteiger charge is -2.36. The molecule has 0 N–H and O–H groups in total. The Kier molecular flexibility index (Phi) is 5.61. The van der Waals surface area contributed by atoms with E-state index < -0.39 is 0 Å². The van der Waals surface area contributed by atoms with E-state index in [1.54, 1.807) is 36.2 Å². The summed E-state index contributed by atoms with van der Waals surface area (Å²) in [7, 11) is 1.63. The van der Waals surface area contributed by atoms with Gasteiger partial charge in [-0.05, 0) is 49.7 Å². The van der Waals surface area contributed by atoms with Crippen molar-refractivity contribution in [1.82, 2.24) is 24.2 Å². The molecule has 34 heavy (non-hydrogen) atoms. The number of hydrogen-bond donors (Lipinski definition) is 0. The second-order valence-corrected chi connectivity index (χ2v) is 9.10. The maximum absolute atomic E-state index is 13.5. The molecular formula is C25H25ClN6O2. The van der Waals surface area contributed by atoms with Crippen molar-refractivity contribution in [2.24, 2.45) is 7.05 Å². The molecule has 0 radical (unpaired) electrons. The molecule has 1 fully saturated rings. The van der Waals surface area contributed by atoms with Crippen LogP contribution < -0.4 is 10.5 Å². The highest BCUT2D eigenvalue weighted by Gasteiger charge is 2.29. The van der Waals surface area contributed by atoms with Gasteiger partial charge >= 0.3 is 0 Å². The fraction of sp³-hybridized carbons (Fsp3) is 0.280. The molecule has 2 aromatic carbocycles. The molecule has 0 saturated carbocycles. The summed E-state index contributed by atoms with van der Waals surface area (Å²) in [6, 6.07) is 13.4. The maximum Gasteiger partial charge on any atom is 0.279 e. The predicted molar refractivity (Wildman–Crippen MR) is 133 cm³/mol. The second-order valence-electron chi connectivity index (χ2n) is 8.66. The van der Waals surface area contributed by atoms with Gasteiger partial charge in [0, 0.05) is 43.9 Å². The van der Waals surface area contributed by atoms with Crippen molar-refractivity contribution in [3.63, 3.8) is 0 Å². The minimum Gasteiger partial charge on any atom is -0.368 e. The van der Waals surface area contributed by atoms with Crippen molar-refractivity contribution in [2.45, 2.75) is 13.8 Å². The van der Waals surface area contributed by atoms with Crippen LogP contribution in [0.4, 0.5) is 5.69 Å². The van der Waals surface area contributed by atoms with Crippen LogP contribution in [-0.4, -0.2) is 56.3 Å². The zero-order chi connectivity index (χ0) is 24.0. The molecule has 1 aliphatic heterocycles. The van der Waals surface area contributed by atoms with Crippen molar-refractivity contribution in [3.05, 3.63) is 81.0 Å². The first-order valence-corrected chi connectivity index (χ1v) is 11.5. The van der Waals surface area contributed by atoms with Crippen LogP contribution in [0.5, 0.6) is 0 Å². The summed E-state index contributed by atoms with van der Waals surface area (Å²) in [5.41, 5.74) is 4.78. The van der Waals surface area contributed by atoms with Crippen LogP contribution in [0.15, 0.2) is 53.6 Å². The maximum atomic E-state index is 13.5. The number of piperazine rings is 1. The van der Waals surface area contributed by atoms with Gasteiger partial charge in [-0.3, -0.25) is 9.59 Å². The molecule has 1 saturated heterocycles. The van der Waals surface area contributed by atoms with Crippen LogP contribution in [0.1, 0.15) is 21.6 Å². The molecule has 0 atom stereocenters. The van der Waals surface area contributed by atoms with Crippen LogP contribution in [0.3, 0.4) is 0 Å². The van der Waals surface area contributed by atoms with Gasteiger partial charge in [0.05, 0.1) is 12.0 Å². The van der Waals surface area contributed by atoms with E-state index >= 15 is 0 Å². The molecule has 174 valence electrons. The Morgan fingerprint density at radius 3 is 2.38 bits per heavy atom. The van der Waals surface area contributed by atoms with Crippen LogP contribution in [0, 0.1) is 13.8 Å². The lowest BCUT2D eigenvalue weighted by atomic mass is 10.1. The molecule has 0 unspecified atom stereocenters. The van der Waals surface area contributed by atoms with Gasteiger partial charge in [-0.2, -0.15) is 5.10 Å². The number of hydrogen-bond acceptors (Lipinski definition) is 5. The standard InChI is InChI=1S/C25H25ClN6O2/c1-16-4-9-20(17(2)14-16)30-10-12-31(13-11-30)24(33)22-21-23(25(34)29(3)15-27-21)32(28-22)19-7-5-18(26)6-8-19/h4-9,14-15H,10-13H2,1-3H3. The van der Waals surface area contributed by atoms with E-state index in [0.29, 0.717) is 29.3 Å². The highest BCUT2D eigenvalue weighted by molar-refractivity contribution is 6.30. The molecule has 1 amide bonds. The van der Waals surface area contributed by atoms with E-state index in [1.807, 2.05) is 0 Å². The van der Waals surface area contributed by atoms with Crippen LogP contribution >= 0.6 is 11.6 Å². The predicted octanol–water partition coefficient (Wildman–Crippen LogP) is 3.35. The minimum absolute atomic E-state index is 0.183. The zero-order valence-corrected chi connectivity index (χ0v) is 20.1. The number of rotatable bonds is 3. The lowest BCUT2D eigenvalue weighted by Crippen LogP contribution is -2.49. The Hall–Kier alpha value is -3.65. The van der Waals surface area contributed by atoms with Crippen molar-refractivity contribution < 1.29 is 4.79 Å². The number of benzene rings is 2. The molecule has 1 aliphatic rings. The Morgan fingerprint density at radius 1 is 1.00 bits per heavy atom. The first-order chi connectivity index (χ1) is 16.3. The number of halogens is 1. The number of carbonyl (C=O) groups is 1. The van der Waals surface area contributed by atoms with E-state index in [2.05, 4.69) is 47.0 Å². The highest BCUT2D eigenvalue weighted by Crippen LogP contribution is 2.24. The van der Waals surface area contributed by atoms with E-state index in [9.17, 15) is 9.59 Å². The monoisotopic (exact) mass is 476 g/mol. The molecule has 0 spiro atoms. The molecule has 2 aromatic heterocycles. The van der Waals surface area contributed by atoms with Gasteiger partial charge in [0.1, 0.15) is 5.52 Å². The third kappa shape index (κ3) is 3.84. The van der Waals surface area contributed by atoms with E-state index in [1.165, 1.54) is 32.4 Å². The van der Waals surface area contributed by atoms with Gasteiger partial charge in [-0.25, -0.2) is 9.67 Å². The van der Waals surface area contributed by atoms with Crippen LogP contribution in [-0.2, 0) is 7.05 Å². The number of aromatic nitrogens is 4. The average Bonchev–Trinajstić information content (AvgIpc) is 3.22. The van der Waals surface area contributed by atoms with Gasteiger partial charge in [0.25, 0.3) is 11.5 Å². The molecule has 0 bridgehead atoms. The SMILES string of the molecule is Cc1ccc(N2CCN(C(=O)c3nn(-c4ccc(Cl)cc4)c4c(=O)n(C)cnc34)CC2)c(C)c1. The number of nitrogens with zero attached hydrogens (tertiary/aromatic N) is 6. The smallest absolute Gasteiger partial charge is 0.279 e. The Labute approximate surface area is 202 Å². The number of carbonyl (C=O) groups excluding carboxylic acids is 1. The fourth-order valence-corrected chi connectivity index (χ4v) is 4.59. The summed E-state index contributed by atoms with van der Waals surface area (Å²) in [5, 5.41) is 5.13. The Bertz CT molecular complexity index is 1450. The quantitative estimate of drug-likeness (QED) is 0.453. The Morgan fingerprint density at radius 2 is 1.71 bits per heavy atom.